The van der Waals surface area contributed by atoms with Crippen molar-refractivity contribution >= 4 is 47.0 Å². The van der Waals surface area contributed by atoms with Crippen molar-refractivity contribution in [3.63, 3.8) is 0 Å². The summed E-state index contributed by atoms with van der Waals surface area (Å²) in [5.41, 5.74) is 0.418. The van der Waals surface area contributed by atoms with Gasteiger partial charge in [-0.1, -0.05) is 46.9 Å². The molecular weight excluding hydrogens is 397 g/mol. The second-order valence-electron chi connectivity index (χ2n) is 6.40. The average Bonchev–Trinajstić information content (AvgIpc) is 3.38. The number of phenols is 1. The smallest absolute Gasteiger partial charge is 0.231 e. The highest BCUT2D eigenvalue weighted by atomic mass is 35.5. The molecule has 2 aromatic rings. The van der Waals surface area contributed by atoms with E-state index in [4.69, 9.17) is 34.8 Å². The summed E-state index contributed by atoms with van der Waals surface area (Å²) in [6, 6.07) is 8.97. The van der Waals surface area contributed by atoms with Gasteiger partial charge in [-0.25, -0.2) is 0 Å². The summed E-state index contributed by atoms with van der Waals surface area (Å²) in [7, 11) is 0. The van der Waals surface area contributed by atoms with Gasteiger partial charge < -0.3 is 15.2 Å². The molecule has 1 atom stereocenters. The van der Waals surface area contributed by atoms with E-state index in [1.54, 1.807) is 30.3 Å². The highest BCUT2D eigenvalue weighted by Gasteiger charge is 2.53. The summed E-state index contributed by atoms with van der Waals surface area (Å²) in [5, 5.41) is 14.2. The molecule has 1 amide bonds. The van der Waals surface area contributed by atoms with E-state index in [9.17, 15) is 14.7 Å². The van der Waals surface area contributed by atoms with Gasteiger partial charge in [-0.2, -0.15) is 0 Å². The number of nitrogens with one attached hydrogen (secondary N) is 1. The van der Waals surface area contributed by atoms with Gasteiger partial charge in [0.25, 0.3) is 0 Å². The van der Waals surface area contributed by atoms with Crippen molar-refractivity contribution in [2.24, 2.45) is 0 Å². The predicted octanol–water partition coefficient (Wildman–Crippen LogP) is 4.31. The maximum Gasteiger partial charge on any atom is 0.231 e. The largest absolute Gasteiger partial charge is 0.508 e. The number of carbonyl (C=O) groups excluding carboxylic acids is 2. The van der Waals surface area contributed by atoms with Crippen LogP contribution in [-0.2, 0) is 21.4 Å². The monoisotopic (exact) mass is 411 g/mol. The molecule has 0 saturated heterocycles. The second-order valence-corrected chi connectivity index (χ2v) is 7.68. The third-order valence-corrected chi connectivity index (χ3v) is 5.42. The van der Waals surface area contributed by atoms with Crippen LogP contribution in [-0.4, -0.2) is 23.3 Å². The Morgan fingerprint density at radius 1 is 1.15 bits per heavy atom. The van der Waals surface area contributed by atoms with E-state index in [0.717, 1.165) is 0 Å². The van der Waals surface area contributed by atoms with Gasteiger partial charge in [0.1, 0.15) is 12.0 Å². The number of hydrogen-bond acceptors (Lipinski definition) is 3. The second kappa shape index (κ2) is 7.47. The fourth-order valence-electron chi connectivity index (χ4n) is 3.02. The predicted molar refractivity (Wildman–Crippen MR) is 102 cm³/mol. The average molecular weight is 413 g/mol. The molecule has 0 radical (unpaired) electrons. The molecule has 2 aromatic carbocycles. The minimum atomic E-state index is -0.820. The molecular formula is C19H16Cl3NO3. The first-order chi connectivity index (χ1) is 12.4. The van der Waals surface area contributed by atoms with Crippen LogP contribution in [0.5, 0.6) is 5.75 Å². The fraction of sp³-hybridized carbons (Fsp3) is 0.263. The lowest BCUT2D eigenvalue weighted by atomic mass is 9.93. The number of amides is 1. The van der Waals surface area contributed by atoms with Crippen LogP contribution in [0.3, 0.4) is 0 Å². The lowest BCUT2D eigenvalue weighted by molar-refractivity contribution is -0.126. The molecule has 1 unspecified atom stereocenters. The van der Waals surface area contributed by atoms with Crippen LogP contribution in [0.1, 0.15) is 24.0 Å². The van der Waals surface area contributed by atoms with Crippen LogP contribution in [0.2, 0.25) is 15.1 Å². The molecule has 7 heteroatoms. The molecule has 1 fully saturated rings. The quantitative estimate of drug-likeness (QED) is 0.695. The molecule has 3 rings (SSSR count). The van der Waals surface area contributed by atoms with Crippen LogP contribution >= 0.6 is 34.8 Å². The zero-order chi connectivity index (χ0) is 18.9. The molecule has 1 aliphatic carbocycles. The first-order valence-corrected chi connectivity index (χ1v) is 9.18. The summed E-state index contributed by atoms with van der Waals surface area (Å²) in [4.78, 5) is 24.3. The zero-order valence-corrected chi connectivity index (χ0v) is 15.9. The molecule has 0 aliphatic heterocycles. The SMILES string of the molecule is O=CC(Cc1ccc(Cl)cc1Cl)NC(=O)C1(c2ccc(Cl)cc2O)CC1. The first kappa shape index (κ1) is 19.0. The number of phenolic OH excluding ortho intramolecular Hbond substituents is 1. The Morgan fingerprint density at radius 3 is 2.38 bits per heavy atom. The van der Waals surface area contributed by atoms with Crippen LogP contribution in [0.15, 0.2) is 36.4 Å². The normalized spacial score (nSPS) is 16.0. The summed E-state index contributed by atoms with van der Waals surface area (Å²) in [6.45, 7) is 0. The lowest BCUT2D eigenvalue weighted by Crippen LogP contribution is -2.43. The molecule has 26 heavy (non-hydrogen) atoms. The van der Waals surface area contributed by atoms with Crippen molar-refractivity contribution in [3.8, 4) is 5.75 Å². The van der Waals surface area contributed by atoms with Gasteiger partial charge in [-0.15, -0.1) is 0 Å². The maximum atomic E-state index is 12.8. The van der Waals surface area contributed by atoms with Gasteiger partial charge in [0.15, 0.2) is 0 Å². The third-order valence-electron chi connectivity index (χ3n) is 4.60. The van der Waals surface area contributed by atoms with E-state index in [1.807, 2.05) is 0 Å². The Labute approximate surface area is 166 Å². The summed E-state index contributed by atoms with van der Waals surface area (Å²) >= 11 is 17.9. The van der Waals surface area contributed by atoms with E-state index in [1.165, 1.54) is 6.07 Å². The van der Waals surface area contributed by atoms with E-state index >= 15 is 0 Å². The van der Waals surface area contributed by atoms with Gasteiger partial charge >= 0.3 is 0 Å². The number of halogens is 3. The highest BCUT2D eigenvalue weighted by molar-refractivity contribution is 6.35. The Kier molecular flexibility index (Phi) is 5.47. The molecule has 1 saturated carbocycles. The number of benzene rings is 2. The Hall–Kier alpha value is -1.75. The van der Waals surface area contributed by atoms with Gasteiger partial charge in [0, 0.05) is 27.1 Å². The number of aromatic hydroxyl groups is 1. The number of hydrogen-bond donors (Lipinski definition) is 2. The standard InChI is InChI=1S/C19H16Cl3NO3/c20-12-2-1-11(16(22)8-12)7-14(10-24)23-18(26)19(5-6-19)15-4-3-13(21)9-17(15)25/h1-4,8-10,14,25H,5-7H2,(H,23,26). The fourth-order valence-corrected chi connectivity index (χ4v) is 3.67. The molecule has 0 aromatic heterocycles. The van der Waals surface area contributed by atoms with Crippen molar-refractivity contribution < 1.29 is 14.7 Å². The van der Waals surface area contributed by atoms with Crippen molar-refractivity contribution in [2.75, 3.05) is 0 Å². The molecule has 0 bridgehead atoms. The molecule has 4 nitrogen and oxygen atoms in total. The lowest BCUT2D eigenvalue weighted by Gasteiger charge is -2.20. The summed E-state index contributed by atoms with van der Waals surface area (Å²) < 4.78 is 0. The van der Waals surface area contributed by atoms with Crippen LogP contribution in [0.4, 0.5) is 0 Å². The minimum absolute atomic E-state index is 0.0199. The van der Waals surface area contributed by atoms with E-state index in [0.29, 0.717) is 45.3 Å². The summed E-state index contributed by atoms with van der Waals surface area (Å²) in [5.74, 6) is -0.314. The maximum absolute atomic E-state index is 12.8. The Morgan fingerprint density at radius 2 is 1.81 bits per heavy atom. The Bertz CT molecular complexity index is 865. The van der Waals surface area contributed by atoms with Crippen molar-refractivity contribution in [1.82, 2.24) is 5.32 Å². The molecule has 0 spiro atoms. The van der Waals surface area contributed by atoms with E-state index in [2.05, 4.69) is 5.32 Å². The van der Waals surface area contributed by atoms with Gasteiger partial charge in [0.2, 0.25) is 5.91 Å². The van der Waals surface area contributed by atoms with Crippen molar-refractivity contribution in [1.29, 1.82) is 0 Å². The molecule has 136 valence electrons. The van der Waals surface area contributed by atoms with Gasteiger partial charge in [0.05, 0.1) is 11.5 Å². The van der Waals surface area contributed by atoms with E-state index < -0.39 is 11.5 Å². The third kappa shape index (κ3) is 3.83. The molecule has 1 aliphatic rings. The number of aldehydes is 1. The highest BCUT2D eigenvalue weighted by Crippen LogP contribution is 2.51. The molecule has 0 heterocycles. The topological polar surface area (TPSA) is 66.4 Å². The van der Waals surface area contributed by atoms with Crippen molar-refractivity contribution in [2.45, 2.75) is 30.7 Å². The van der Waals surface area contributed by atoms with Crippen LogP contribution in [0.25, 0.3) is 0 Å². The minimum Gasteiger partial charge on any atom is -0.508 e. The van der Waals surface area contributed by atoms with Crippen LogP contribution < -0.4 is 5.32 Å². The number of rotatable bonds is 6. The van der Waals surface area contributed by atoms with Gasteiger partial charge in [-0.3, -0.25) is 4.79 Å². The van der Waals surface area contributed by atoms with Gasteiger partial charge in [-0.05, 0) is 42.7 Å². The van der Waals surface area contributed by atoms with Crippen molar-refractivity contribution in [3.05, 3.63) is 62.6 Å². The van der Waals surface area contributed by atoms with Crippen LogP contribution in [0, 0.1) is 0 Å². The molecule has 2 N–H and O–H groups in total. The first-order valence-electron chi connectivity index (χ1n) is 8.05. The van der Waals surface area contributed by atoms with E-state index in [-0.39, 0.29) is 18.1 Å². The summed E-state index contributed by atoms with van der Waals surface area (Å²) in [6.07, 6.45) is 2.14. The Balaban J connectivity index is 1.76. The number of carbonyl (C=O) groups is 2. The zero-order valence-electron chi connectivity index (χ0n) is 13.6.